The molecule has 0 saturated carbocycles. The molecule has 0 atom stereocenters. The monoisotopic (exact) mass is 220 g/mol. The highest BCUT2D eigenvalue weighted by molar-refractivity contribution is 5.99. The van der Waals surface area contributed by atoms with Gasteiger partial charge in [0.1, 0.15) is 0 Å². The molecule has 16 heavy (non-hydrogen) atoms. The molecule has 1 N–H and O–H groups in total. The van der Waals surface area contributed by atoms with Gasteiger partial charge in [0.25, 0.3) is 5.69 Å². The van der Waals surface area contributed by atoms with Crippen LogP contribution in [0.1, 0.15) is 24.5 Å². The SMILES string of the molecule is CCCc1cc2c(cc1[N+](=O)[O-])CC(=O)N2. The number of hydrogen-bond donors (Lipinski definition) is 1. The zero-order valence-electron chi connectivity index (χ0n) is 8.95. The van der Waals surface area contributed by atoms with E-state index in [1.807, 2.05) is 6.92 Å². The molecule has 1 heterocycles. The molecule has 84 valence electrons. The van der Waals surface area contributed by atoms with Crippen LogP contribution in [-0.4, -0.2) is 10.8 Å². The second-order valence-corrected chi connectivity index (χ2v) is 3.87. The summed E-state index contributed by atoms with van der Waals surface area (Å²) in [6.45, 7) is 1.97. The molecule has 0 saturated heterocycles. The minimum Gasteiger partial charge on any atom is -0.326 e. The highest BCUT2D eigenvalue weighted by Gasteiger charge is 2.23. The van der Waals surface area contributed by atoms with Crippen molar-refractivity contribution >= 4 is 17.3 Å². The first-order valence-electron chi connectivity index (χ1n) is 5.22. The highest BCUT2D eigenvalue weighted by Crippen LogP contribution is 2.31. The summed E-state index contributed by atoms with van der Waals surface area (Å²) < 4.78 is 0. The van der Waals surface area contributed by atoms with Crippen molar-refractivity contribution in [2.24, 2.45) is 0 Å². The molecule has 1 aromatic carbocycles. The molecule has 0 bridgehead atoms. The molecule has 5 nitrogen and oxygen atoms in total. The fraction of sp³-hybridized carbons (Fsp3) is 0.364. The molecule has 0 spiro atoms. The molecule has 1 aromatic rings. The number of rotatable bonds is 3. The Morgan fingerprint density at radius 3 is 2.88 bits per heavy atom. The van der Waals surface area contributed by atoms with Crippen molar-refractivity contribution in [3.8, 4) is 0 Å². The lowest BCUT2D eigenvalue weighted by Crippen LogP contribution is -2.03. The zero-order chi connectivity index (χ0) is 11.7. The number of carbonyl (C=O) groups excluding carboxylic acids is 1. The lowest BCUT2D eigenvalue weighted by atomic mass is 10.0. The van der Waals surface area contributed by atoms with E-state index in [0.717, 1.165) is 17.7 Å². The molecule has 0 aliphatic carbocycles. The van der Waals surface area contributed by atoms with Gasteiger partial charge in [-0.05, 0) is 18.1 Å². The van der Waals surface area contributed by atoms with Gasteiger partial charge < -0.3 is 5.32 Å². The van der Waals surface area contributed by atoms with Crippen LogP contribution in [0.15, 0.2) is 12.1 Å². The zero-order valence-corrected chi connectivity index (χ0v) is 8.95. The Bertz CT molecular complexity index is 469. The lowest BCUT2D eigenvalue weighted by Gasteiger charge is -2.04. The average molecular weight is 220 g/mol. The Hall–Kier alpha value is -1.91. The number of anilines is 1. The highest BCUT2D eigenvalue weighted by atomic mass is 16.6. The molecule has 1 aliphatic heterocycles. The Balaban J connectivity index is 2.49. The first kappa shape index (κ1) is 10.6. The minimum atomic E-state index is -0.381. The Labute approximate surface area is 92.6 Å². The molecule has 2 rings (SSSR count). The predicted molar refractivity (Wildman–Crippen MR) is 59.4 cm³/mol. The predicted octanol–water partition coefficient (Wildman–Crippen LogP) is 2.04. The summed E-state index contributed by atoms with van der Waals surface area (Å²) in [6.07, 6.45) is 1.73. The van der Waals surface area contributed by atoms with E-state index in [4.69, 9.17) is 0 Å². The number of nitrogens with zero attached hydrogens (tertiary/aromatic N) is 1. The third-order valence-corrected chi connectivity index (χ3v) is 2.65. The van der Waals surface area contributed by atoms with Gasteiger partial charge in [-0.2, -0.15) is 0 Å². The van der Waals surface area contributed by atoms with E-state index in [-0.39, 0.29) is 22.9 Å². The van der Waals surface area contributed by atoms with Crippen LogP contribution in [-0.2, 0) is 17.6 Å². The third kappa shape index (κ3) is 1.76. The number of carbonyl (C=O) groups is 1. The number of nitrogens with one attached hydrogen (secondary N) is 1. The standard InChI is InChI=1S/C11H12N2O3/c1-2-3-7-4-9-8(6-11(14)12-9)5-10(7)13(15)16/h4-5H,2-3,6H2,1H3,(H,12,14). The van der Waals surface area contributed by atoms with Gasteiger partial charge in [-0.15, -0.1) is 0 Å². The summed E-state index contributed by atoms with van der Waals surface area (Å²) in [6, 6.07) is 3.24. The number of aryl methyl sites for hydroxylation is 1. The van der Waals surface area contributed by atoms with E-state index in [1.165, 1.54) is 6.07 Å². The summed E-state index contributed by atoms with van der Waals surface area (Å²) in [5.41, 5.74) is 2.25. The summed E-state index contributed by atoms with van der Waals surface area (Å²) in [5, 5.41) is 13.6. The molecule has 1 aliphatic rings. The average Bonchev–Trinajstić information content (AvgIpc) is 2.56. The molecule has 0 unspecified atom stereocenters. The van der Waals surface area contributed by atoms with E-state index >= 15 is 0 Å². The van der Waals surface area contributed by atoms with E-state index in [9.17, 15) is 14.9 Å². The summed E-state index contributed by atoms with van der Waals surface area (Å²) in [5.74, 6) is -0.0991. The smallest absolute Gasteiger partial charge is 0.273 e. The molecule has 0 radical (unpaired) electrons. The quantitative estimate of drug-likeness (QED) is 0.625. The van der Waals surface area contributed by atoms with Crippen LogP contribution in [0, 0.1) is 10.1 Å². The van der Waals surface area contributed by atoms with Gasteiger partial charge >= 0.3 is 0 Å². The Morgan fingerprint density at radius 2 is 2.25 bits per heavy atom. The van der Waals surface area contributed by atoms with Crippen molar-refractivity contribution in [1.82, 2.24) is 0 Å². The third-order valence-electron chi connectivity index (χ3n) is 2.65. The van der Waals surface area contributed by atoms with Crippen LogP contribution in [0.4, 0.5) is 11.4 Å². The second kappa shape index (κ2) is 3.92. The van der Waals surface area contributed by atoms with Crippen molar-refractivity contribution in [3.05, 3.63) is 33.4 Å². The van der Waals surface area contributed by atoms with Crippen LogP contribution >= 0.6 is 0 Å². The Morgan fingerprint density at radius 1 is 1.50 bits per heavy atom. The number of hydrogen-bond acceptors (Lipinski definition) is 3. The molecular formula is C11H12N2O3. The maximum atomic E-state index is 11.2. The molecule has 0 fully saturated rings. The van der Waals surface area contributed by atoms with Crippen LogP contribution in [0.2, 0.25) is 0 Å². The normalized spacial score (nSPS) is 13.4. The van der Waals surface area contributed by atoms with Gasteiger partial charge in [-0.1, -0.05) is 13.3 Å². The first-order valence-corrected chi connectivity index (χ1v) is 5.22. The maximum Gasteiger partial charge on any atom is 0.273 e. The van der Waals surface area contributed by atoms with Crippen molar-refractivity contribution in [3.63, 3.8) is 0 Å². The van der Waals surface area contributed by atoms with Crippen molar-refractivity contribution in [2.45, 2.75) is 26.2 Å². The van der Waals surface area contributed by atoms with Crippen molar-refractivity contribution in [2.75, 3.05) is 5.32 Å². The van der Waals surface area contributed by atoms with Crippen LogP contribution in [0.25, 0.3) is 0 Å². The van der Waals surface area contributed by atoms with Crippen molar-refractivity contribution in [1.29, 1.82) is 0 Å². The van der Waals surface area contributed by atoms with Crippen LogP contribution < -0.4 is 5.32 Å². The van der Waals surface area contributed by atoms with Gasteiger partial charge in [0.2, 0.25) is 5.91 Å². The number of nitro groups is 1. The summed E-state index contributed by atoms with van der Waals surface area (Å²) in [4.78, 5) is 21.7. The second-order valence-electron chi connectivity index (χ2n) is 3.87. The maximum absolute atomic E-state index is 11.2. The first-order chi connectivity index (χ1) is 7.61. The van der Waals surface area contributed by atoms with Gasteiger partial charge in [0.05, 0.1) is 11.3 Å². The number of nitro benzene ring substituents is 1. The van der Waals surface area contributed by atoms with E-state index < -0.39 is 0 Å². The number of fused-ring (bicyclic) bond motifs is 1. The number of benzene rings is 1. The topological polar surface area (TPSA) is 72.2 Å². The molecule has 0 aromatic heterocycles. The van der Waals surface area contributed by atoms with Crippen molar-refractivity contribution < 1.29 is 9.72 Å². The minimum absolute atomic E-state index is 0.0991. The van der Waals surface area contributed by atoms with Gasteiger partial charge in [-0.25, -0.2) is 0 Å². The summed E-state index contributed by atoms with van der Waals surface area (Å²) >= 11 is 0. The lowest BCUT2D eigenvalue weighted by molar-refractivity contribution is -0.385. The fourth-order valence-electron chi connectivity index (χ4n) is 1.95. The van der Waals surface area contributed by atoms with Gasteiger partial charge in [0, 0.05) is 17.3 Å². The van der Waals surface area contributed by atoms with Gasteiger partial charge in [-0.3, -0.25) is 14.9 Å². The van der Waals surface area contributed by atoms with E-state index in [0.29, 0.717) is 12.0 Å². The fourth-order valence-corrected chi connectivity index (χ4v) is 1.95. The molecule has 1 amide bonds. The molecular weight excluding hydrogens is 208 g/mol. The number of amides is 1. The Kier molecular flexibility index (Phi) is 2.60. The largest absolute Gasteiger partial charge is 0.326 e. The van der Waals surface area contributed by atoms with E-state index in [2.05, 4.69) is 5.32 Å². The van der Waals surface area contributed by atoms with Crippen LogP contribution in [0.3, 0.4) is 0 Å². The van der Waals surface area contributed by atoms with Crippen LogP contribution in [0.5, 0.6) is 0 Å². The molecule has 5 heteroatoms. The summed E-state index contributed by atoms with van der Waals surface area (Å²) in [7, 11) is 0. The van der Waals surface area contributed by atoms with E-state index in [1.54, 1.807) is 6.07 Å². The van der Waals surface area contributed by atoms with Gasteiger partial charge in [0.15, 0.2) is 0 Å².